The van der Waals surface area contributed by atoms with Gasteiger partial charge in [0.25, 0.3) is 11.8 Å². The minimum atomic E-state index is -4.48. The number of rotatable bonds is 3. The second-order valence-corrected chi connectivity index (χ2v) is 7.93. The maximum absolute atomic E-state index is 13.3. The zero-order valence-corrected chi connectivity index (χ0v) is 16.4. The molecule has 0 saturated carbocycles. The number of halogens is 3. The summed E-state index contributed by atoms with van der Waals surface area (Å²) in [5.41, 5.74) is -0.0582. The lowest BCUT2D eigenvalue weighted by atomic mass is 10.1. The largest absolute Gasteiger partial charge is 0.416 e. The van der Waals surface area contributed by atoms with Gasteiger partial charge in [0.15, 0.2) is 0 Å². The molecule has 0 aliphatic carbocycles. The first kappa shape index (κ1) is 19.7. The van der Waals surface area contributed by atoms with Crippen molar-refractivity contribution in [2.24, 2.45) is 0 Å². The number of imide groups is 1. The van der Waals surface area contributed by atoms with Crippen molar-refractivity contribution < 1.29 is 22.8 Å². The minimum absolute atomic E-state index is 0.131. The summed E-state index contributed by atoms with van der Waals surface area (Å²) in [5, 5.41) is 1.82. The second kappa shape index (κ2) is 7.31. The number of likely N-dealkylation sites (N-methyl/N-ethyl adjacent to an activating group) is 1. The van der Waals surface area contributed by atoms with Crippen LogP contribution in [0.1, 0.15) is 10.4 Å². The monoisotopic (exact) mass is 421 g/mol. The Morgan fingerprint density at radius 3 is 2.14 bits per heavy atom. The third-order valence-corrected chi connectivity index (χ3v) is 5.99. The molecule has 1 saturated heterocycles. The lowest BCUT2D eigenvalue weighted by Crippen LogP contribution is -2.46. The average Bonchev–Trinajstić information content (AvgIpc) is 3.28. The first-order valence-electron chi connectivity index (χ1n) is 9.05. The van der Waals surface area contributed by atoms with E-state index in [1.165, 1.54) is 11.3 Å². The topological polar surface area (TPSA) is 43.9 Å². The molecule has 0 atom stereocenters. The molecule has 1 aromatic carbocycles. The maximum Gasteiger partial charge on any atom is 0.416 e. The van der Waals surface area contributed by atoms with E-state index >= 15 is 0 Å². The van der Waals surface area contributed by atoms with Gasteiger partial charge in [-0.1, -0.05) is 6.07 Å². The number of nitrogens with zero attached hydrogens (tertiary/aromatic N) is 3. The lowest BCUT2D eigenvalue weighted by Gasteiger charge is -2.34. The number of thiophene rings is 1. The Balaban J connectivity index is 1.73. The Morgan fingerprint density at radius 1 is 0.931 bits per heavy atom. The predicted molar refractivity (Wildman–Crippen MR) is 104 cm³/mol. The molecule has 29 heavy (non-hydrogen) atoms. The number of alkyl halides is 3. The van der Waals surface area contributed by atoms with E-state index in [9.17, 15) is 22.8 Å². The van der Waals surface area contributed by atoms with E-state index in [2.05, 4.69) is 4.90 Å². The number of anilines is 1. The lowest BCUT2D eigenvalue weighted by molar-refractivity contribution is -0.137. The zero-order chi connectivity index (χ0) is 20.8. The van der Waals surface area contributed by atoms with Crippen molar-refractivity contribution in [2.45, 2.75) is 6.18 Å². The molecule has 2 aliphatic rings. The van der Waals surface area contributed by atoms with E-state index in [1.54, 1.807) is 12.1 Å². The summed E-state index contributed by atoms with van der Waals surface area (Å²) in [7, 11) is 1.99. The molecule has 5 nitrogen and oxygen atoms in total. The minimum Gasteiger partial charge on any atom is -0.364 e. The van der Waals surface area contributed by atoms with Gasteiger partial charge < -0.3 is 9.80 Å². The summed E-state index contributed by atoms with van der Waals surface area (Å²) in [5.74, 6) is -1.01. The number of carbonyl (C=O) groups excluding carboxylic acids is 2. The molecule has 2 aromatic rings. The van der Waals surface area contributed by atoms with Gasteiger partial charge in [0.05, 0.1) is 16.8 Å². The summed E-state index contributed by atoms with van der Waals surface area (Å²) >= 11 is 1.35. The van der Waals surface area contributed by atoms with E-state index in [4.69, 9.17) is 0 Å². The van der Waals surface area contributed by atoms with Crippen LogP contribution in [0.25, 0.3) is 5.57 Å². The molecule has 3 heterocycles. The van der Waals surface area contributed by atoms with Crippen molar-refractivity contribution in [3.8, 4) is 0 Å². The van der Waals surface area contributed by atoms with Gasteiger partial charge >= 0.3 is 6.18 Å². The van der Waals surface area contributed by atoms with Crippen LogP contribution in [0.15, 0.2) is 47.5 Å². The van der Waals surface area contributed by atoms with Gasteiger partial charge in [0.2, 0.25) is 0 Å². The normalized spacial score (nSPS) is 18.9. The van der Waals surface area contributed by atoms with Crippen molar-refractivity contribution in [3.05, 3.63) is 57.9 Å². The van der Waals surface area contributed by atoms with Crippen molar-refractivity contribution in [1.82, 2.24) is 9.80 Å². The van der Waals surface area contributed by atoms with Gasteiger partial charge in [-0.05, 0) is 42.8 Å². The number of piperazine rings is 1. The third-order valence-electron chi connectivity index (χ3n) is 5.10. The molecule has 2 amide bonds. The Hall–Kier alpha value is -2.65. The highest BCUT2D eigenvalue weighted by Crippen LogP contribution is 2.38. The van der Waals surface area contributed by atoms with Gasteiger partial charge in [0, 0.05) is 31.1 Å². The van der Waals surface area contributed by atoms with Crippen LogP contribution < -0.4 is 4.90 Å². The highest BCUT2D eigenvalue weighted by Gasteiger charge is 2.43. The fourth-order valence-electron chi connectivity index (χ4n) is 3.52. The standard InChI is InChI=1S/C20H18F3N3O2S/c1-24-8-10-25(11-9-24)17-16(15-3-2-12-29-15)18(27)26(19(17)28)14-6-4-13(5-7-14)20(21,22)23/h2-7,12H,8-11H2,1H3. The fraction of sp³-hybridized carbons (Fsp3) is 0.300. The van der Waals surface area contributed by atoms with Crippen LogP contribution in [0.2, 0.25) is 0 Å². The highest BCUT2D eigenvalue weighted by molar-refractivity contribution is 7.11. The van der Waals surface area contributed by atoms with Crippen LogP contribution >= 0.6 is 11.3 Å². The van der Waals surface area contributed by atoms with Gasteiger partial charge in [-0.2, -0.15) is 13.2 Å². The molecular weight excluding hydrogens is 403 g/mol. The molecule has 4 rings (SSSR count). The molecule has 0 radical (unpaired) electrons. The van der Waals surface area contributed by atoms with Crippen LogP contribution in [-0.4, -0.2) is 54.8 Å². The third kappa shape index (κ3) is 3.56. The number of hydrogen-bond donors (Lipinski definition) is 0. The van der Waals surface area contributed by atoms with Crippen LogP contribution in [0, 0.1) is 0 Å². The van der Waals surface area contributed by atoms with E-state index < -0.39 is 23.6 Å². The SMILES string of the molecule is CN1CCN(C2=C(c3cccs3)C(=O)N(c3ccc(C(F)(F)F)cc3)C2=O)CC1. The summed E-state index contributed by atoms with van der Waals surface area (Å²) in [6.07, 6.45) is -4.48. The Labute approximate surface area is 169 Å². The van der Waals surface area contributed by atoms with Crippen LogP contribution in [0.3, 0.4) is 0 Å². The maximum atomic E-state index is 13.3. The molecule has 0 N–H and O–H groups in total. The molecule has 9 heteroatoms. The number of amides is 2. The molecule has 0 spiro atoms. The average molecular weight is 421 g/mol. The van der Waals surface area contributed by atoms with Gasteiger partial charge in [-0.15, -0.1) is 11.3 Å². The van der Waals surface area contributed by atoms with E-state index in [1.807, 2.05) is 17.3 Å². The molecule has 0 unspecified atom stereocenters. The molecular formula is C20H18F3N3O2S. The van der Waals surface area contributed by atoms with Gasteiger partial charge in [-0.25, -0.2) is 4.90 Å². The first-order valence-corrected chi connectivity index (χ1v) is 9.93. The molecule has 152 valence electrons. The summed E-state index contributed by atoms with van der Waals surface area (Å²) in [4.78, 5) is 32.2. The van der Waals surface area contributed by atoms with Crippen molar-refractivity contribution >= 4 is 34.4 Å². The summed E-state index contributed by atoms with van der Waals surface area (Å²) < 4.78 is 38.6. The molecule has 2 aliphatic heterocycles. The smallest absolute Gasteiger partial charge is 0.364 e. The van der Waals surface area contributed by atoms with Crippen LogP contribution in [0.5, 0.6) is 0 Å². The summed E-state index contributed by atoms with van der Waals surface area (Å²) in [6.45, 7) is 2.70. The summed E-state index contributed by atoms with van der Waals surface area (Å²) in [6, 6.07) is 7.67. The predicted octanol–water partition coefficient (Wildman–Crippen LogP) is 3.30. The Morgan fingerprint density at radius 2 is 1.59 bits per heavy atom. The van der Waals surface area contributed by atoms with Crippen molar-refractivity contribution in [3.63, 3.8) is 0 Å². The number of hydrogen-bond acceptors (Lipinski definition) is 5. The van der Waals surface area contributed by atoms with Crippen LogP contribution in [-0.2, 0) is 15.8 Å². The second-order valence-electron chi connectivity index (χ2n) is 6.98. The number of benzene rings is 1. The highest BCUT2D eigenvalue weighted by atomic mass is 32.1. The quantitative estimate of drug-likeness (QED) is 0.714. The Kier molecular flexibility index (Phi) is 4.95. The molecule has 1 fully saturated rings. The Bertz CT molecular complexity index is 960. The van der Waals surface area contributed by atoms with E-state index in [0.29, 0.717) is 29.2 Å². The van der Waals surface area contributed by atoms with Crippen LogP contribution in [0.4, 0.5) is 18.9 Å². The first-order chi connectivity index (χ1) is 13.8. The van der Waals surface area contributed by atoms with Gasteiger partial charge in [-0.3, -0.25) is 9.59 Å². The van der Waals surface area contributed by atoms with Crippen molar-refractivity contribution in [2.75, 3.05) is 38.1 Å². The van der Waals surface area contributed by atoms with E-state index in [-0.39, 0.29) is 5.69 Å². The number of carbonyl (C=O) groups is 2. The van der Waals surface area contributed by atoms with Gasteiger partial charge in [0.1, 0.15) is 5.70 Å². The fourth-order valence-corrected chi connectivity index (χ4v) is 4.28. The molecule has 1 aromatic heterocycles. The van der Waals surface area contributed by atoms with Crippen molar-refractivity contribution in [1.29, 1.82) is 0 Å². The van der Waals surface area contributed by atoms with E-state index in [0.717, 1.165) is 42.3 Å². The zero-order valence-electron chi connectivity index (χ0n) is 15.6. The molecule has 0 bridgehead atoms.